The Kier molecular flexibility index (Phi) is 3.60. The van der Waals surface area contributed by atoms with Crippen molar-refractivity contribution >= 4 is 21.4 Å². The zero-order chi connectivity index (χ0) is 14.9. The van der Waals surface area contributed by atoms with Gasteiger partial charge in [0.1, 0.15) is 5.75 Å². The fourth-order valence-electron chi connectivity index (χ4n) is 3.12. The molecule has 4 nitrogen and oxygen atoms in total. The Labute approximate surface area is 134 Å². The van der Waals surface area contributed by atoms with Gasteiger partial charge in [0.15, 0.2) is 0 Å². The molecule has 0 radical (unpaired) electrons. The average Bonchev–Trinajstić information content (AvgIpc) is 3.12. The predicted octanol–water partition coefficient (Wildman–Crippen LogP) is 3.24. The second kappa shape index (κ2) is 5.74. The summed E-state index contributed by atoms with van der Waals surface area (Å²) < 4.78 is 8.81. The molecule has 1 aliphatic heterocycles. The Bertz CT molecular complexity index is 759. The standard InChI is InChI=1S/C17H19N3OS/c1-21-15-2-3-17-14(6-15)7-16(22-17)11-20-9-13(10-20)8-19-5-4-18-12-19/h2-7,12-13H,8-11H2,1H3. The Morgan fingerprint density at radius 3 is 3.00 bits per heavy atom. The van der Waals surface area contributed by atoms with Crippen LogP contribution in [-0.2, 0) is 13.1 Å². The summed E-state index contributed by atoms with van der Waals surface area (Å²) in [6.45, 7) is 4.49. The van der Waals surface area contributed by atoms with E-state index in [-0.39, 0.29) is 0 Å². The molecular formula is C17H19N3OS. The smallest absolute Gasteiger partial charge is 0.119 e. The molecule has 0 aliphatic carbocycles. The fourth-order valence-corrected chi connectivity index (χ4v) is 4.20. The summed E-state index contributed by atoms with van der Waals surface area (Å²) in [5, 5.41) is 1.29. The number of methoxy groups -OCH3 is 1. The molecule has 4 rings (SSSR count). The Balaban J connectivity index is 1.36. The number of aromatic nitrogens is 2. The van der Waals surface area contributed by atoms with Crippen LogP contribution in [0.5, 0.6) is 5.75 Å². The lowest BCUT2D eigenvalue weighted by molar-refractivity contribution is 0.0814. The summed E-state index contributed by atoms with van der Waals surface area (Å²) in [6.07, 6.45) is 5.80. The largest absolute Gasteiger partial charge is 0.497 e. The molecule has 1 saturated heterocycles. The summed E-state index contributed by atoms with van der Waals surface area (Å²) in [4.78, 5) is 8.05. The predicted molar refractivity (Wildman–Crippen MR) is 89.4 cm³/mol. The molecule has 5 heteroatoms. The van der Waals surface area contributed by atoms with Gasteiger partial charge in [0.2, 0.25) is 0 Å². The molecule has 0 amide bonds. The number of hydrogen-bond acceptors (Lipinski definition) is 4. The van der Waals surface area contributed by atoms with Crippen molar-refractivity contribution in [2.75, 3.05) is 20.2 Å². The van der Waals surface area contributed by atoms with Crippen LogP contribution in [0.1, 0.15) is 4.88 Å². The van der Waals surface area contributed by atoms with Crippen LogP contribution in [0.25, 0.3) is 10.1 Å². The summed E-state index contributed by atoms with van der Waals surface area (Å²) in [5.74, 6) is 1.69. The Hall–Kier alpha value is -1.85. The van der Waals surface area contributed by atoms with Gasteiger partial charge in [-0.15, -0.1) is 11.3 Å². The lowest BCUT2D eigenvalue weighted by atomic mass is 10.00. The van der Waals surface area contributed by atoms with E-state index in [9.17, 15) is 0 Å². The second-order valence-corrected chi connectivity index (χ2v) is 7.10. The summed E-state index contributed by atoms with van der Waals surface area (Å²) >= 11 is 1.89. The topological polar surface area (TPSA) is 30.3 Å². The first kappa shape index (κ1) is 13.8. The minimum absolute atomic E-state index is 0.753. The number of imidazole rings is 1. The maximum absolute atomic E-state index is 5.30. The molecule has 1 fully saturated rings. The SMILES string of the molecule is COc1ccc2sc(CN3CC(Cn4ccnc4)C3)cc2c1. The number of rotatable bonds is 5. The highest BCUT2D eigenvalue weighted by Crippen LogP contribution is 2.31. The molecule has 1 aromatic carbocycles. The van der Waals surface area contributed by atoms with E-state index in [1.54, 1.807) is 7.11 Å². The van der Waals surface area contributed by atoms with Gasteiger partial charge in [-0.2, -0.15) is 0 Å². The number of fused-ring (bicyclic) bond motifs is 1. The lowest BCUT2D eigenvalue weighted by Gasteiger charge is -2.39. The zero-order valence-corrected chi connectivity index (χ0v) is 13.4. The van der Waals surface area contributed by atoms with Crippen LogP contribution in [-0.4, -0.2) is 34.7 Å². The Morgan fingerprint density at radius 1 is 1.32 bits per heavy atom. The molecule has 3 aromatic rings. The third-order valence-electron chi connectivity index (χ3n) is 4.21. The lowest BCUT2D eigenvalue weighted by Crippen LogP contribution is -2.47. The molecule has 0 saturated carbocycles. The zero-order valence-electron chi connectivity index (χ0n) is 12.6. The van der Waals surface area contributed by atoms with E-state index in [0.29, 0.717) is 0 Å². The second-order valence-electron chi connectivity index (χ2n) is 5.94. The number of hydrogen-bond donors (Lipinski definition) is 0. The molecule has 1 aliphatic rings. The van der Waals surface area contributed by atoms with E-state index in [0.717, 1.165) is 24.8 Å². The number of thiophene rings is 1. The van der Waals surface area contributed by atoms with Crippen LogP contribution in [0.4, 0.5) is 0 Å². The highest BCUT2D eigenvalue weighted by atomic mass is 32.1. The van der Waals surface area contributed by atoms with Gasteiger partial charge in [-0.3, -0.25) is 4.90 Å². The molecule has 22 heavy (non-hydrogen) atoms. The minimum Gasteiger partial charge on any atom is -0.497 e. The first-order valence-electron chi connectivity index (χ1n) is 7.55. The first-order chi connectivity index (χ1) is 10.8. The highest BCUT2D eigenvalue weighted by molar-refractivity contribution is 7.19. The molecule has 3 heterocycles. The van der Waals surface area contributed by atoms with E-state index in [2.05, 4.69) is 32.7 Å². The van der Waals surface area contributed by atoms with E-state index >= 15 is 0 Å². The van der Waals surface area contributed by atoms with Gasteiger partial charge >= 0.3 is 0 Å². The Morgan fingerprint density at radius 2 is 2.23 bits per heavy atom. The number of benzene rings is 1. The van der Waals surface area contributed by atoms with Gasteiger partial charge < -0.3 is 9.30 Å². The van der Waals surface area contributed by atoms with Crippen molar-refractivity contribution in [2.45, 2.75) is 13.1 Å². The van der Waals surface area contributed by atoms with Crippen LogP contribution < -0.4 is 4.74 Å². The van der Waals surface area contributed by atoms with Gasteiger partial charge in [0.25, 0.3) is 0 Å². The van der Waals surface area contributed by atoms with Crippen molar-refractivity contribution in [1.82, 2.24) is 14.5 Å². The van der Waals surface area contributed by atoms with Crippen LogP contribution in [0.2, 0.25) is 0 Å². The third-order valence-corrected chi connectivity index (χ3v) is 5.32. The van der Waals surface area contributed by atoms with Gasteiger partial charge in [0, 0.05) is 54.1 Å². The summed E-state index contributed by atoms with van der Waals surface area (Å²) in [6, 6.07) is 8.60. The molecule has 0 atom stereocenters. The molecule has 0 unspecified atom stereocenters. The molecule has 0 N–H and O–H groups in total. The van der Waals surface area contributed by atoms with Crippen LogP contribution in [0, 0.1) is 5.92 Å². The molecule has 0 bridgehead atoms. The van der Waals surface area contributed by atoms with E-state index in [4.69, 9.17) is 4.74 Å². The monoisotopic (exact) mass is 313 g/mol. The highest BCUT2D eigenvalue weighted by Gasteiger charge is 2.27. The van der Waals surface area contributed by atoms with Gasteiger partial charge in [0.05, 0.1) is 13.4 Å². The van der Waals surface area contributed by atoms with Crippen LogP contribution in [0.3, 0.4) is 0 Å². The maximum atomic E-state index is 5.30. The van der Waals surface area contributed by atoms with Crippen LogP contribution in [0.15, 0.2) is 43.0 Å². The van der Waals surface area contributed by atoms with Crippen LogP contribution >= 0.6 is 11.3 Å². The van der Waals surface area contributed by atoms with Crippen molar-refractivity contribution < 1.29 is 4.74 Å². The molecule has 114 valence electrons. The normalized spacial score (nSPS) is 16.0. The summed E-state index contributed by atoms with van der Waals surface area (Å²) in [5.41, 5.74) is 0. The van der Waals surface area contributed by atoms with Crippen molar-refractivity contribution in [3.05, 3.63) is 47.9 Å². The van der Waals surface area contributed by atoms with Crippen molar-refractivity contribution in [1.29, 1.82) is 0 Å². The van der Waals surface area contributed by atoms with E-state index < -0.39 is 0 Å². The molecule has 0 spiro atoms. The quantitative estimate of drug-likeness (QED) is 0.724. The third kappa shape index (κ3) is 2.74. The van der Waals surface area contributed by atoms with Gasteiger partial charge in [-0.05, 0) is 29.7 Å². The number of nitrogens with zero attached hydrogens (tertiary/aromatic N) is 3. The van der Waals surface area contributed by atoms with E-state index in [1.165, 1.54) is 28.1 Å². The number of likely N-dealkylation sites (tertiary alicyclic amines) is 1. The average molecular weight is 313 g/mol. The summed E-state index contributed by atoms with van der Waals surface area (Å²) in [7, 11) is 1.72. The van der Waals surface area contributed by atoms with Gasteiger partial charge in [-0.1, -0.05) is 0 Å². The first-order valence-corrected chi connectivity index (χ1v) is 8.36. The maximum Gasteiger partial charge on any atom is 0.119 e. The molecular weight excluding hydrogens is 294 g/mol. The number of ether oxygens (including phenoxy) is 1. The molecule has 2 aromatic heterocycles. The van der Waals surface area contributed by atoms with Crippen molar-refractivity contribution in [3.8, 4) is 5.75 Å². The van der Waals surface area contributed by atoms with E-state index in [1.807, 2.05) is 36.1 Å². The van der Waals surface area contributed by atoms with Crippen molar-refractivity contribution in [3.63, 3.8) is 0 Å². The fraction of sp³-hybridized carbons (Fsp3) is 0.353. The minimum atomic E-state index is 0.753. The van der Waals surface area contributed by atoms with Crippen molar-refractivity contribution in [2.24, 2.45) is 5.92 Å². The van der Waals surface area contributed by atoms with Gasteiger partial charge in [-0.25, -0.2) is 4.98 Å².